The first kappa shape index (κ1) is 16.4. The van der Waals surface area contributed by atoms with Crippen molar-refractivity contribution < 1.29 is 14.3 Å². The van der Waals surface area contributed by atoms with Crippen LogP contribution in [0.4, 0.5) is 0 Å². The van der Waals surface area contributed by atoms with Crippen LogP contribution in [0.1, 0.15) is 12.5 Å². The first-order valence-electron chi connectivity index (χ1n) is 6.39. The second-order valence-electron chi connectivity index (χ2n) is 4.34. The van der Waals surface area contributed by atoms with Crippen molar-refractivity contribution in [3.63, 3.8) is 0 Å². The van der Waals surface area contributed by atoms with Gasteiger partial charge in [-0.05, 0) is 31.0 Å². The molecule has 3 N–H and O–H groups in total. The number of allylic oxidation sites excluding steroid dienone is 1. The second-order valence-corrected chi connectivity index (χ2v) is 4.34. The van der Waals surface area contributed by atoms with E-state index in [1.165, 1.54) is 0 Å². The number of nitrogens with two attached hydrogens (primary N) is 1. The normalized spacial score (nSPS) is 11.1. The van der Waals surface area contributed by atoms with Gasteiger partial charge in [0.25, 0.3) is 5.91 Å². The third-order valence-electron chi connectivity index (χ3n) is 2.98. The van der Waals surface area contributed by atoms with Gasteiger partial charge < -0.3 is 20.5 Å². The summed E-state index contributed by atoms with van der Waals surface area (Å²) < 4.78 is 10.4. The number of amides is 1. The molecule has 0 atom stereocenters. The molecule has 21 heavy (non-hydrogen) atoms. The van der Waals surface area contributed by atoms with Crippen LogP contribution < -0.4 is 20.5 Å². The molecule has 0 aromatic heterocycles. The van der Waals surface area contributed by atoms with Crippen LogP contribution in [0, 0.1) is 11.3 Å². The summed E-state index contributed by atoms with van der Waals surface area (Å²) >= 11 is 0. The molecule has 0 heterocycles. The number of benzene rings is 1. The average molecular weight is 289 g/mol. The maximum absolute atomic E-state index is 11.0. The highest BCUT2D eigenvalue weighted by Crippen LogP contribution is 2.27. The summed E-state index contributed by atoms with van der Waals surface area (Å²) in [6.07, 6.45) is 0.704. The molecular weight excluding hydrogens is 270 g/mol. The maximum atomic E-state index is 11.0. The van der Waals surface area contributed by atoms with Gasteiger partial charge in [-0.1, -0.05) is 6.07 Å². The molecule has 1 amide bonds. The van der Waals surface area contributed by atoms with Gasteiger partial charge in [0.1, 0.15) is 11.6 Å². The number of nitrogens with one attached hydrogen (secondary N) is 1. The smallest absolute Gasteiger partial charge is 0.261 e. The fourth-order valence-corrected chi connectivity index (χ4v) is 1.84. The van der Waals surface area contributed by atoms with Crippen LogP contribution in [0.3, 0.4) is 0 Å². The molecule has 112 valence electrons. The Kier molecular flexibility index (Phi) is 6.08. The minimum absolute atomic E-state index is 0.0534. The van der Waals surface area contributed by atoms with Crippen molar-refractivity contribution in [3.05, 3.63) is 35.0 Å². The topological polar surface area (TPSA) is 97.4 Å². The molecule has 1 aromatic carbocycles. The number of rotatable bonds is 7. The highest BCUT2D eigenvalue weighted by molar-refractivity contribution is 5.96. The quantitative estimate of drug-likeness (QED) is 0.579. The summed E-state index contributed by atoms with van der Waals surface area (Å²) in [6.45, 7) is 2.22. The fraction of sp³-hybridized carbons (Fsp3) is 0.333. The van der Waals surface area contributed by atoms with E-state index in [1.807, 2.05) is 18.2 Å². The molecule has 6 nitrogen and oxygen atoms in total. The number of hydrogen-bond acceptors (Lipinski definition) is 5. The van der Waals surface area contributed by atoms with E-state index in [2.05, 4.69) is 5.32 Å². The Morgan fingerprint density at radius 3 is 2.52 bits per heavy atom. The highest BCUT2D eigenvalue weighted by atomic mass is 16.5. The van der Waals surface area contributed by atoms with E-state index < -0.39 is 5.91 Å². The number of methoxy groups -OCH3 is 2. The van der Waals surface area contributed by atoms with Gasteiger partial charge in [0.2, 0.25) is 0 Å². The number of primary amides is 1. The zero-order valence-electron chi connectivity index (χ0n) is 12.4. The number of hydrogen-bond donors (Lipinski definition) is 2. The number of carbonyl (C=O) groups excluding carboxylic acids is 1. The molecule has 0 aliphatic carbocycles. The molecule has 0 saturated heterocycles. The van der Waals surface area contributed by atoms with Crippen molar-refractivity contribution in [2.75, 3.05) is 20.8 Å². The van der Waals surface area contributed by atoms with Crippen LogP contribution in [0.2, 0.25) is 0 Å². The number of carbonyl (C=O) groups is 1. The van der Waals surface area contributed by atoms with Crippen LogP contribution in [-0.4, -0.2) is 26.7 Å². The second kappa shape index (κ2) is 7.80. The number of nitrogens with zero attached hydrogens (tertiary/aromatic N) is 1. The van der Waals surface area contributed by atoms with Gasteiger partial charge in [-0.2, -0.15) is 5.26 Å². The Morgan fingerprint density at radius 1 is 1.33 bits per heavy atom. The first-order valence-corrected chi connectivity index (χ1v) is 6.39. The zero-order chi connectivity index (χ0) is 15.8. The van der Waals surface area contributed by atoms with E-state index in [1.54, 1.807) is 27.2 Å². The lowest BCUT2D eigenvalue weighted by Gasteiger charge is -2.11. The van der Waals surface area contributed by atoms with Gasteiger partial charge >= 0.3 is 0 Å². The third-order valence-corrected chi connectivity index (χ3v) is 2.98. The minimum Gasteiger partial charge on any atom is -0.493 e. The molecule has 6 heteroatoms. The Labute approximate surface area is 124 Å². The summed E-state index contributed by atoms with van der Waals surface area (Å²) in [4.78, 5) is 11.0. The molecule has 0 aliphatic rings. The predicted molar refractivity (Wildman–Crippen MR) is 78.8 cm³/mol. The van der Waals surface area contributed by atoms with Crippen LogP contribution in [0.15, 0.2) is 29.5 Å². The van der Waals surface area contributed by atoms with Crippen molar-refractivity contribution >= 4 is 5.91 Å². The molecular formula is C15H19N3O3. The van der Waals surface area contributed by atoms with Crippen LogP contribution in [0.5, 0.6) is 11.5 Å². The molecule has 1 rings (SSSR count). The Hall–Kier alpha value is -2.68. The summed E-state index contributed by atoms with van der Waals surface area (Å²) in [5.41, 5.74) is 6.58. The molecule has 0 aliphatic heterocycles. The molecule has 0 radical (unpaired) electrons. The van der Waals surface area contributed by atoms with Crippen LogP contribution in [-0.2, 0) is 11.2 Å². The molecule has 0 unspecified atom stereocenters. The maximum Gasteiger partial charge on any atom is 0.261 e. The molecule has 0 spiro atoms. The third kappa shape index (κ3) is 4.42. The molecule has 0 bridgehead atoms. The monoisotopic (exact) mass is 289 g/mol. The van der Waals surface area contributed by atoms with E-state index in [9.17, 15) is 4.79 Å². The Morgan fingerprint density at radius 2 is 2.00 bits per heavy atom. The van der Waals surface area contributed by atoms with E-state index in [0.717, 1.165) is 5.56 Å². The largest absolute Gasteiger partial charge is 0.493 e. The molecule has 0 fully saturated rings. The van der Waals surface area contributed by atoms with E-state index in [4.69, 9.17) is 20.5 Å². The summed E-state index contributed by atoms with van der Waals surface area (Å²) in [7, 11) is 3.17. The van der Waals surface area contributed by atoms with Crippen LogP contribution in [0.25, 0.3) is 0 Å². The highest BCUT2D eigenvalue weighted by Gasteiger charge is 2.08. The minimum atomic E-state index is -0.728. The van der Waals surface area contributed by atoms with Crippen molar-refractivity contribution in [2.45, 2.75) is 13.3 Å². The average Bonchev–Trinajstić information content (AvgIpc) is 2.47. The van der Waals surface area contributed by atoms with Crippen molar-refractivity contribution in [3.8, 4) is 17.6 Å². The van der Waals surface area contributed by atoms with Gasteiger partial charge in [0.15, 0.2) is 11.5 Å². The Balaban J connectivity index is 2.69. The van der Waals surface area contributed by atoms with E-state index in [-0.39, 0.29) is 5.57 Å². The molecule has 0 saturated carbocycles. The lowest BCUT2D eigenvalue weighted by molar-refractivity contribution is -0.114. The SMILES string of the molecule is COc1ccc(CCNC(C)=C(C#N)C(N)=O)cc1OC. The van der Waals surface area contributed by atoms with E-state index >= 15 is 0 Å². The molecule has 1 aromatic rings. The van der Waals surface area contributed by atoms with Gasteiger partial charge in [0, 0.05) is 12.2 Å². The van der Waals surface area contributed by atoms with Crippen LogP contribution >= 0.6 is 0 Å². The zero-order valence-corrected chi connectivity index (χ0v) is 12.4. The standard InChI is InChI=1S/C15H19N3O3/c1-10(12(9-16)15(17)19)18-7-6-11-4-5-13(20-2)14(8-11)21-3/h4-5,8,18H,6-7H2,1-3H3,(H2,17,19). The summed E-state index contributed by atoms with van der Waals surface area (Å²) in [6, 6.07) is 7.44. The van der Waals surface area contributed by atoms with E-state index in [0.29, 0.717) is 30.2 Å². The number of ether oxygens (including phenoxy) is 2. The van der Waals surface area contributed by atoms with Crippen molar-refractivity contribution in [2.24, 2.45) is 5.73 Å². The van der Waals surface area contributed by atoms with Crippen molar-refractivity contribution in [1.29, 1.82) is 5.26 Å². The summed E-state index contributed by atoms with van der Waals surface area (Å²) in [5, 5.41) is 11.8. The van der Waals surface area contributed by atoms with Gasteiger partial charge in [-0.15, -0.1) is 0 Å². The van der Waals surface area contributed by atoms with Gasteiger partial charge in [0.05, 0.1) is 14.2 Å². The summed E-state index contributed by atoms with van der Waals surface area (Å²) in [5.74, 6) is 0.608. The van der Waals surface area contributed by atoms with Gasteiger partial charge in [-0.25, -0.2) is 0 Å². The van der Waals surface area contributed by atoms with Gasteiger partial charge in [-0.3, -0.25) is 4.79 Å². The lowest BCUT2D eigenvalue weighted by Crippen LogP contribution is -2.22. The first-order chi connectivity index (χ1) is 10.0. The van der Waals surface area contributed by atoms with Crippen molar-refractivity contribution in [1.82, 2.24) is 5.32 Å². The Bertz CT molecular complexity index is 588. The predicted octanol–water partition coefficient (Wildman–Crippen LogP) is 1.12. The lowest BCUT2D eigenvalue weighted by atomic mass is 10.1. The fourth-order valence-electron chi connectivity index (χ4n) is 1.84. The number of nitriles is 1.